The van der Waals surface area contributed by atoms with Crippen LogP contribution in [0.25, 0.3) is 10.9 Å². The fourth-order valence-corrected chi connectivity index (χ4v) is 3.91. The zero-order valence-electron chi connectivity index (χ0n) is 14.9. The van der Waals surface area contributed by atoms with Crippen LogP contribution in [0, 0.1) is 5.92 Å². The minimum atomic E-state index is -0.229. The van der Waals surface area contributed by atoms with E-state index in [1.807, 2.05) is 60.3 Å². The SMILES string of the molecule is Cn1ccc2c(C(=O)N[C@H](Cc3ccccc3)C3CC(O)C3)cccc21. The number of aliphatic hydroxyl groups excluding tert-OH is 1. The van der Waals surface area contributed by atoms with Gasteiger partial charge in [0.2, 0.25) is 0 Å². The van der Waals surface area contributed by atoms with E-state index in [2.05, 4.69) is 17.4 Å². The van der Waals surface area contributed by atoms with Crippen molar-refractivity contribution in [1.82, 2.24) is 9.88 Å². The maximum atomic E-state index is 13.0. The minimum Gasteiger partial charge on any atom is -0.393 e. The second-order valence-electron chi connectivity index (χ2n) is 7.32. The number of amides is 1. The Kier molecular flexibility index (Phi) is 4.51. The number of nitrogens with zero attached hydrogens (tertiary/aromatic N) is 1. The third kappa shape index (κ3) is 3.25. The molecule has 0 radical (unpaired) electrons. The molecule has 2 N–H and O–H groups in total. The Balaban J connectivity index is 1.57. The molecule has 0 saturated heterocycles. The zero-order valence-corrected chi connectivity index (χ0v) is 14.9. The zero-order chi connectivity index (χ0) is 18.1. The third-order valence-corrected chi connectivity index (χ3v) is 5.51. The Labute approximate surface area is 153 Å². The van der Waals surface area contributed by atoms with E-state index in [0.717, 1.165) is 30.2 Å². The van der Waals surface area contributed by atoms with E-state index in [0.29, 0.717) is 11.5 Å². The molecule has 4 nitrogen and oxygen atoms in total. The van der Waals surface area contributed by atoms with Crippen molar-refractivity contribution in [3.8, 4) is 0 Å². The number of aliphatic hydroxyl groups is 1. The predicted molar refractivity (Wildman–Crippen MR) is 103 cm³/mol. The van der Waals surface area contributed by atoms with Gasteiger partial charge in [0.05, 0.1) is 6.10 Å². The Morgan fingerprint density at radius 3 is 2.65 bits per heavy atom. The van der Waals surface area contributed by atoms with E-state index in [1.165, 1.54) is 5.56 Å². The molecule has 0 unspecified atom stereocenters. The van der Waals surface area contributed by atoms with Gasteiger partial charge in [-0.15, -0.1) is 0 Å². The lowest BCUT2D eigenvalue weighted by Gasteiger charge is -2.38. The Morgan fingerprint density at radius 1 is 1.15 bits per heavy atom. The molecular weight excluding hydrogens is 324 g/mol. The maximum Gasteiger partial charge on any atom is 0.252 e. The lowest BCUT2D eigenvalue weighted by Crippen LogP contribution is -2.48. The van der Waals surface area contributed by atoms with Gasteiger partial charge in [0.25, 0.3) is 5.91 Å². The number of benzene rings is 2. The Bertz CT molecular complexity index is 910. The van der Waals surface area contributed by atoms with Crippen molar-refractivity contribution in [2.75, 3.05) is 0 Å². The molecule has 0 spiro atoms. The van der Waals surface area contributed by atoms with Crippen LogP contribution in [0.15, 0.2) is 60.8 Å². The molecule has 3 aromatic rings. The van der Waals surface area contributed by atoms with Crippen LogP contribution in [0.3, 0.4) is 0 Å². The van der Waals surface area contributed by atoms with E-state index < -0.39 is 0 Å². The number of hydrogen-bond donors (Lipinski definition) is 2. The molecule has 134 valence electrons. The second kappa shape index (κ2) is 6.96. The molecule has 26 heavy (non-hydrogen) atoms. The highest BCUT2D eigenvalue weighted by Crippen LogP contribution is 2.32. The average Bonchev–Trinajstić information content (AvgIpc) is 3.00. The fourth-order valence-electron chi connectivity index (χ4n) is 3.91. The molecule has 1 aliphatic rings. The molecule has 2 aromatic carbocycles. The van der Waals surface area contributed by atoms with Crippen LogP contribution in [-0.2, 0) is 13.5 Å². The van der Waals surface area contributed by atoms with Gasteiger partial charge in [0.15, 0.2) is 0 Å². The third-order valence-electron chi connectivity index (χ3n) is 5.51. The molecule has 1 fully saturated rings. The summed E-state index contributed by atoms with van der Waals surface area (Å²) in [5, 5.41) is 13.9. The van der Waals surface area contributed by atoms with Crippen LogP contribution in [0.4, 0.5) is 0 Å². The van der Waals surface area contributed by atoms with Crippen molar-refractivity contribution in [3.63, 3.8) is 0 Å². The summed E-state index contributed by atoms with van der Waals surface area (Å²) in [6.07, 6.45) is 4.05. The molecule has 4 heteroatoms. The van der Waals surface area contributed by atoms with Gasteiger partial charge in [-0.2, -0.15) is 0 Å². The van der Waals surface area contributed by atoms with Gasteiger partial charge in [-0.25, -0.2) is 0 Å². The average molecular weight is 348 g/mol. The Hall–Kier alpha value is -2.59. The summed E-state index contributed by atoms with van der Waals surface area (Å²) in [6.45, 7) is 0. The first kappa shape index (κ1) is 16.9. The summed E-state index contributed by atoms with van der Waals surface area (Å²) in [7, 11) is 1.98. The van der Waals surface area contributed by atoms with E-state index in [1.54, 1.807) is 0 Å². The van der Waals surface area contributed by atoms with Crippen LogP contribution in [-0.4, -0.2) is 27.7 Å². The van der Waals surface area contributed by atoms with Gasteiger partial charge in [-0.05, 0) is 48.9 Å². The summed E-state index contributed by atoms with van der Waals surface area (Å²) < 4.78 is 2.02. The number of carbonyl (C=O) groups excluding carboxylic acids is 1. The highest BCUT2D eigenvalue weighted by molar-refractivity contribution is 6.06. The van der Waals surface area contributed by atoms with Crippen molar-refractivity contribution in [2.45, 2.75) is 31.4 Å². The molecule has 4 rings (SSSR count). The summed E-state index contributed by atoms with van der Waals surface area (Å²) in [5.74, 6) is 0.285. The summed E-state index contributed by atoms with van der Waals surface area (Å²) in [4.78, 5) is 13.0. The molecule has 1 heterocycles. The predicted octanol–water partition coefficient (Wildman–Crippen LogP) is 3.29. The van der Waals surface area contributed by atoms with Crippen molar-refractivity contribution in [2.24, 2.45) is 13.0 Å². The monoisotopic (exact) mass is 348 g/mol. The van der Waals surface area contributed by atoms with Gasteiger partial charge >= 0.3 is 0 Å². The van der Waals surface area contributed by atoms with Crippen molar-refractivity contribution >= 4 is 16.8 Å². The number of hydrogen-bond acceptors (Lipinski definition) is 2. The van der Waals surface area contributed by atoms with Gasteiger partial charge in [0, 0.05) is 35.8 Å². The Morgan fingerprint density at radius 2 is 1.92 bits per heavy atom. The lowest BCUT2D eigenvalue weighted by molar-refractivity contribution is 0.0239. The lowest BCUT2D eigenvalue weighted by atomic mass is 9.75. The number of fused-ring (bicyclic) bond motifs is 1. The van der Waals surface area contributed by atoms with Crippen LogP contribution in [0.1, 0.15) is 28.8 Å². The molecule has 1 amide bonds. The first-order chi connectivity index (χ1) is 12.6. The number of aromatic nitrogens is 1. The van der Waals surface area contributed by atoms with Crippen molar-refractivity contribution in [1.29, 1.82) is 0 Å². The summed E-state index contributed by atoms with van der Waals surface area (Å²) in [5.41, 5.74) is 2.97. The van der Waals surface area contributed by atoms with Crippen molar-refractivity contribution in [3.05, 3.63) is 71.9 Å². The molecule has 1 aromatic heterocycles. The molecule has 0 bridgehead atoms. The van der Waals surface area contributed by atoms with E-state index in [-0.39, 0.29) is 18.1 Å². The number of carbonyl (C=O) groups is 1. The topological polar surface area (TPSA) is 54.3 Å². The first-order valence-electron chi connectivity index (χ1n) is 9.18. The molecule has 1 aliphatic carbocycles. The summed E-state index contributed by atoms with van der Waals surface area (Å²) in [6, 6.07) is 18.1. The van der Waals surface area contributed by atoms with E-state index in [9.17, 15) is 9.90 Å². The van der Waals surface area contributed by atoms with Gasteiger partial charge in [-0.1, -0.05) is 36.4 Å². The van der Waals surface area contributed by atoms with Crippen LogP contribution in [0.2, 0.25) is 0 Å². The fraction of sp³-hybridized carbons (Fsp3) is 0.318. The molecule has 0 aliphatic heterocycles. The quantitative estimate of drug-likeness (QED) is 0.743. The maximum absolute atomic E-state index is 13.0. The van der Waals surface area contributed by atoms with Crippen molar-refractivity contribution < 1.29 is 9.90 Å². The van der Waals surface area contributed by atoms with E-state index in [4.69, 9.17) is 0 Å². The van der Waals surface area contributed by atoms with Gasteiger partial charge in [0.1, 0.15) is 0 Å². The van der Waals surface area contributed by atoms with Crippen LogP contribution >= 0.6 is 0 Å². The largest absolute Gasteiger partial charge is 0.393 e. The normalized spacial score (nSPS) is 20.5. The molecule has 1 saturated carbocycles. The number of aryl methyl sites for hydroxylation is 1. The second-order valence-corrected chi connectivity index (χ2v) is 7.32. The molecular formula is C22H24N2O2. The smallest absolute Gasteiger partial charge is 0.252 e. The summed E-state index contributed by atoms with van der Waals surface area (Å²) >= 11 is 0. The van der Waals surface area contributed by atoms with Crippen LogP contribution < -0.4 is 5.32 Å². The first-order valence-corrected chi connectivity index (χ1v) is 9.18. The highest BCUT2D eigenvalue weighted by Gasteiger charge is 2.35. The van der Waals surface area contributed by atoms with Gasteiger partial charge in [-0.3, -0.25) is 4.79 Å². The minimum absolute atomic E-state index is 0.0345. The van der Waals surface area contributed by atoms with Crippen LogP contribution in [0.5, 0.6) is 0 Å². The number of nitrogens with one attached hydrogen (secondary N) is 1. The number of rotatable bonds is 5. The highest BCUT2D eigenvalue weighted by atomic mass is 16.3. The standard InChI is InChI=1S/C22H24N2O2/c1-24-11-10-18-19(8-5-9-21(18)24)22(26)23-20(16-13-17(25)14-16)12-15-6-3-2-4-7-15/h2-11,16-17,20,25H,12-14H2,1H3,(H,23,26)/t16?,17?,20-/m1/s1. The molecule has 1 atom stereocenters. The van der Waals surface area contributed by atoms with E-state index >= 15 is 0 Å². The van der Waals surface area contributed by atoms with Gasteiger partial charge < -0.3 is 15.0 Å².